The van der Waals surface area contributed by atoms with E-state index in [1.54, 1.807) is 14.2 Å². The predicted octanol–water partition coefficient (Wildman–Crippen LogP) is 4.23. The maximum atomic E-state index is 12.5. The molecule has 0 saturated carbocycles. The Balaban J connectivity index is 1.96. The number of ether oxygens (including phenoxy) is 3. The van der Waals surface area contributed by atoms with Gasteiger partial charge in [-0.3, -0.25) is 4.79 Å². The summed E-state index contributed by atoms with van der Waals surface area (Å²) in [5, 5.41) is 3.44. The smallest absolute Gasteiger partial charge is 0.203 e. The lowest BCUT2D eigenvalue weighted by Gasteiger charge is -2.27. The topological polar surface area (TPSA) is 56.8 Å². The van der Waals surface area contributed by atoms with Crippen LogP contribution in [0.15, 0.2) is 36.4 Å². The van der Waals surface area contributed by atoms with Crippen molar-refractivity contribution in [3.05, 3.63) is 47.5 Å². The highest BCUT2D eigenvalue weighted by Gasteiger charge is 2.27. The minimum absolute atomic E-state index is 0.128. The SMILES string of the molecule is CCCOc1c(OC)cc(C2CC(=O)c3ccccc3N2)cc1OC. The van der Waals surface area contributed by atoms with Crippen molar-refractivity contribution in [1.29, 1.82) is 0 Å². The zero-order valence-electron chi connectivity index (χ0n) is 14.8. The first-order chi connectivity index (χ1) is 12.2. The summed E-state index contributed by atoms with van der Waals surface area (Å²) < 4.78 is 16.8. The highest BCUT2D eigenvalue weighted by molar-refractivity contribution is 6.03. The Morgan fingerprint density at radius 1 is 1.12 bits per heavy atom. The van der Waals surface area contributed by atoms with Gasteiger partial charge < -0.3 is 19.5 Å². The first kappa shape index (κ1) is 17.1. The number of carbonyl (C=O) groups excluding carboxylic acids is 1. The Bertz CT molecular complexity index is 747. The average Bonchev–Trinajstić information content (AvgIpc) is 2.65. The fourth-order valence-electron chi connectivity index (χ4n) is 3.04. The maximum Gasteiger partial charge on any atom is 0.203 e. The van der Waals surface area contributed by atoms with Crippen LogP contribution in [0, 0.1) is 0 Å². The molecule has 0 spiro atoms. The van der Waals surface area contributed by atoms with E-state index < -0.39 is 0 Å². The van der Waals surface area contributed by atoms with Gasteiger partial charge in [0.15, 0.2) is 17.3 Å². The molecule has 132 valence electrons. The van der Waals surface area contributed by atoms with E-state index in [-0.39, 0.29) is 11.8 Å². The van der Waals surface area contributed by atoms with E-state index in [0.29, 0.717) is 30.3 Å². The Morgan fingerprint density at radius 2 is 1.80 bits per heavy atom. The van der Waals surface area contributed by atoms with Crippen LogP contribution in [-0.2, 0) is 0 Å². The molecule has 2 aromatic carbocycles. The van der Waals surface area contributed by atoms with Gasteiger partial charge in [-0.15, -0.1) is 0 Å². The monoisotopic (exact) mass is 341 g/mol. The second kappa shape index (κ2) is 7.47. The van der Waals surface area contributed by atoms with E-state index in [0.717, 1.165) is 23.2 Å². The number of fused-ring (bicyclic) bond motifs is 1. The lowest BCUT2D eigenvalue weighted by atomic mass is 9.92. The van der Waals surface area contributed by atoms with Gasteiger partial charge in [0.1, 0.15) is 0 Å². The summed E-state index contributed by atoms with van der Waals surface area (Å²) in [5.41, 5.74) is 2.52. The van der Waals surface area contributed by atoms with E-state index in [1.165, 1.54) is 0 Å². The molecule has 5 heteroatoms. The molecule has 0 radical (unpaired) electrons. The van der Waals surface area contributed by atoms with Crippen LogP contribution in [0.2, 0.25) is 0 Å². The summed E-state index contributed by atoms with van der Waals surface area (Å²) in [5.74, 6) is 1.94. The summed E-state index contributed by atoms with van der Waals surface area (Å²) >= 11 is 0. The summed E-state index contributed by atoms with van der Waals surface area (Å²) in [6.45, 7) is 2.63. The van der Waals surface area contributed by atoms with Crippen LogP contribution in [-0.4, -0.2) is 26.6 Å². The first-order valence-corrected chi connectivity index (χ1v) is 8.45. The molecule has 25 heavy (non-hydrogen) atoms. The largest absolute Gasteiger partial charge is 0.493 e. The third-order valence-corrected chi connectivity index (χ3v) is 4.28. The molecule has 1 N–H and O–H groups in total. The molecular weight excluding hydrogens is 318 g/mol. The molecule has 1 atom stereocenters. The molecule has 0 aromatic heterocycles. The number of ketones is 1. The standard InChI is InChI=1S/C20H23NO4/c1-4-9-25-20-18(23-2)10-13(11-19(20)24-3)16-12-17(22)14-7-5-6-8-15(14)21-16/h5-8,10-11,16,21H,4,9,12H2,1-3H3. The number of nitrogens with one attached hydrogen (secondary N) is 1. The van der Waals surface area contributed by atoms with Gasteiger partial charge >= 0.3 is 0 Å². The first-order valence-electron chi connectivity index (χ1n) is 8.45. The van der Waals surface area contributed by atoms with Gasteiger partial charge in [0.2, 0.25) is 5.75 Å². The average molecular weight is 341 g/mol. The van der Waals surface area contributed by atoms with Crippen LogP contribution in [0.5, 0.6) is 17.2 Å². The van der Waals surface area contributed by atoms with E-state index in [1.807, 2.05) is 43.3 Å². The van der Waals surface area contributed by atoms with E-state index in [2.05, 4.69) is 5.32 Å². The zero-order chi connectivity index (χ0) is 17.8. The summed E-state index contributed by atoms with van der Waals surface area (Å²) in [4.78, 5) is 12.5. The van der Waals surface area contributed by atoms with Crippen molar-refractivity contribution in [3.63, 3.8) is 0 Å². The number of hydrogen-bond donors (Lipinski definition) is 1. The summed E-state index contributed by atoms with van der Waals surface area (Å²) in [7, 11) is 3.21. The van der Waals surface area contributed by atoms with Crippen molar-refractivity contribution < 1.29 is 19.0 Å². The quantitative estimate of drug-likeness (QED) is 0.852. The van der Waals surface area contributed by atoms with E-state index in [4.69, 9.17) is 14.2 Å². The molecule has 5 nitrogen and oxygen atoms in total. The Labute approximate surface area is 147 Å². The van der Waals surface area contributed by atoms with Gasteiger partial charge in [-0.05, 0) is 36.2 Å². The second-order valence-electron chi connectivity index (χ2n) is 5.97. The fraction of sp³-hybridized carbons (Fsp3) is 0.350. The molecule has 0 amide bonds. The fourth-order valence-corrected chi connectivity index (χ4v) is 3.04. The molecule has 1 heterocycles. The molecule has 3 rings (SSSR count). The molecule has 1 unspecified atom stereocenters. The van der Waals surface area contributed by atoms with Crippen LogP contribution in [0.4, 0.5) is 5.69 Å². The van der Waals surface area contributed by atoms with Crippen LogP contribution < -0.4 is 19.5 Å². The lowest BCUT2D eigenvalue weighted by molar-refractivity contribution is 0.0972. The van der Waals surface area contributed by atoms with Gasteiger partial charge in [-0.2, -0.15) is 0 Å². The highest BCUT2D eigenvalue weighted by Crippen LogP contribution is 2.42. The van der Waals surface area contributed by atoms with Crippen molar-refractivity contribution >= 4 is 11.5 Å². The minimum atomic E-state index is -0.134. The number of rotatable bonds is 6. The molecule has 0 fully saturated rings. The number of carbonyl (C=O) groups is 1. The van der Waals surface area contributed by atoms with Crippen molar-refractivity contribution in [1.82, 2.24) is 0 Å². The number of Topliss-reactive ketones (excluding diaryl/α,β-unsaturated/α-hetero) is 1. The maximum absolute atomic E-state index is 12.5. The van der Waals surface area contributed by atoms with Crippen molar-refractivity contribution in [2.75, 3.05) is 26.1 Å². The number of hydrogen-bond acceptors (Lipinski definition) is 5. The van der Waals surface area contributed by atoms with Gasteiger partial charge in [-0.1, -0.05) is 19.1 Å². The van der Waals surface area contributed by atoms with Crippen LogP contribution in [0.1, 0.15) is 41.7 Å². The van der Waals surface area contributed by atoms with Crippen molar-refractivity contribution in [3.8, 4) is 17.2 Å². The van der Waals surface area contributed by atoms with Gasteiger partial charge in [0.25, 0.3) is 0 Å². The predicted molar refractivity (Wildman–Crippen MR) is 97.1 cm³/mol. The van der Waals surface area contributed by atoms with Crippen LogP contribution in [0.3, 0.4) is 0 Å². The molecule has 0 bridgehead atoms. The number of anilines is 1. The summed E-state index contributed by atoms with van der Waals surface area (Å²) in [6, 6.07) is 11.3. The molecule has 0 saturated heterocycles. The van der Waals surface area contributed by atoms with Crippen molar-refractivity contribution in [2.45, 2.75) is 25.8 Å². The number of benzene rings is 2. The van der Waals surface area contributed by atoms with E-state index in [9.17, 15) is 4.79 Å². The van der Waals surface area contributed by atoms with Gasteiger partial charge in [0, 0.05) is 17.7 Å². The molecule has 0 aliphatic carbocycles. The lowest BCUT2D eigenvalue weighted by Crippen LogP contribution is -2.22. The number of para-hydroxylation sites is 1. The zero-order valence-corrected chi connectivity index (χ0v) is 14.8. The van der Waals surface area contributed by atoms with Gasteiger partial charge in [-0.25, -0.2) is 0 Å². The molecular formula is C20H23NO4. The second-order valence-corrected chi connectivity index (χ2v) is 5.97. The normalized spacial score (nSPS) is 16.0. The Morgan fingerprint density at radius 3 is 2.44 bits per heavy atom. The van der Waals surface area contributed by atoms with Crippen LogP contribution >= 0.6 is 0 Å². The Kier molecular flexibility index (Phi) is 5.12. The third-order valence-electron chi connectivity index (χ3n) is 4.28. The Hall–Kier alpha value is -2.69. The number of methoxy groups -OCH3 is 2. The van der Waals surface area contributed by atoms with E-state index >= 15 is 0 Å². The molecule has 1 aliphatic rings. The minimum Gasteiger partial charge on any atom is -0.493 e. The summed E-state index contributed by atoms with van der Waals surface area (Å²) in [6.07, 6.45) is 1.28. The van der Waals surface area contributed by atoms with Crippen molar-refractivity contribution in [2.24, 2.45) is 0 Å². The van der Waals surface area contributed by atoms with Gasteiger partial charge in [0.05, 0.1) is 26.9 Å². The molecule has 1 aliphatic heterocycles. The molecule has 2 aromatic rings. The third kappa shape index (κ3) is 3.40. The highest BCUT2D eigenvalue weighted by atomic mass is 16.5. The van der Waals surface area contributed by atoms with Crippen LogP contribution in [0.25, 0.3) is 0 Å².